The van der Waals surface area contributed by atoms with Crippen LogP contribution in [0.25, 0.3) is 0 Å². The number of phosphoric acid groups is 2. The smallest absolute Gasteiger partial charge is 0.462 e. The highest BCUT2D eigenvalue weighted by atomic mass is 31.2. The molecule has 0 saturated carbocycles. The number of ether oxygens (including phenoxy) is 4. The first-order chi connectivity index (χ1) is 50.6. The summed E-state index contributed by atoms with van der Waals surface area (Å²) in [5.74, 6) is -1.24. The molecule has 0 bridgehead atoms. The van der Waals surface area contributed by atoms with Gasteiger partial charge in [0, 0.05) is 25.7 Å². The van der Waals surface area contributed by atoms with Crippen molar-refractivity contribution in [1.82, 2.24) is 0 Å². The Hall–Kier alpha value is -1.94. The van der Waals surface area contributed by atoms with Crippen LogP contribution in [0.5, 0.6) is 0 Å². The standard InChI is InChI=1S/C85H166O17P2/c1-6-10-13-16-19-21-23-25-27-28-29-30-31-35-38-42-45-49-54-59-64-69-83(88)96-75-81(102-85(90)71-66-61-56-51-47-43-39-36-33-32-34-37-40-44-48-53-57-62-67-78(5)9-4)77-100-104(93,94)98-73-79(86)72-97-103(91,92)99-76-80(74-95-82(87)68-63-58-52-18-15-12-8-3)101-84(89)70-65-60-55-50-46-41-26-24-22-20-17-14-11-7-2/h78-81,86H,6-77H2,1-5H3,(H,91,92)(H,93,94)/t78?,79-,80+,81+/m0/s1. The van der Waals surface area contributed by atoms with Crippen molar-refractivity contribution >= 4 is 39.5 Å². The van der Waals surface area contributed by atoms with Crippen LogP contribution in [-0.4, -0.2) is 96.7 Å². The van der Waals surface area contributed by atoms with Crippen molar-refractivity contribution in [2.75, 3.05) is 39.6 Å². The molecule has 0 aliphatic heterocycles. The molecule has 0 radical (unpaired) electrons. The van der Waals surface area contributed by atoms with Crippen molar-refractivity contribution in [2.45, 2.75) is 477 Å². The molecular weight excluding hydrogens is 1350 g/mol. The van der Waals surface area contributed by atoms with Crippen LogP contribution in [0.3, 0.4) is 0 Å². The Labute approximate surface area is 638 Å². The van der Waals surface area contributed by atoms with E-state index >= 15 is 0 Å². The van der Waals surface area contributed by atoms with E-state index in [4.69, 9.17) is 37.0 Å². The molecule has 618 valence electrons. The third-order valence-corrected chi connectivity index (χ3v) is 22.3. The fourth-order valence-corrected chi connectivity index (χ4v) is 14.8. The maximum absolute atomic E-state index is 13.1. The lowest BCUT2D eigenvalue weighted by atomic mass is 9.99. The summed E-state index contributed by atoms with van der Waals surface area (Å²) in [5, 5.41) is 10.6. The van der Waals surface area contributed by atoms with Gasteiger partial charge in [0.2, 0.25) is 0 Å². The van der Waals surface area contributed by atoms with Crippen LogP contribution >= 0.6 is 15.6 Å². The molecule has 6 atom stereocenters. The first kappa shape index (κ1) is 102. The predicted molar refractivity (Wildman–Crippen MR) is 428 cm³/mol. The molecule has 0 aromatic carbocycles. The monoisotopic (exact) mass is 1520 g/mol. The van der Waals surface area contributed by atoms with E-state index in [2.05, 4.69) is 34.6 Å². The number of carbonyl (C=O) groups is 4. The van der Waals surface area contributed by atoms with Crippen molar-refractivity contribution in [1.29, 1.82) is 0 Å². The van der Waals surface area contributed by atoms with Gasteiger partial charge in [-0.25, -0.2) is 9.13 Å². The van der Waals surface area contributed by atoms with E-state index in [1.807, 2.05) is 0 Å². The predicted octanol–water partition coefficient (Wildman–Crippen LogP) is 26.0. The number of esters is 4. The molecule has 0 aliphatic rings. The Morgan fingerprint density at radius 3 is 0.683 bits per heavy atom. The van der Waals surface area contributed by atoms with Gasteiger partial charge in [0.1, 0.15) is 19.3 Å². The van der Waals surface area contributed by atoms with E-state index in [-0.39, 0.29) is 25.7 Å². The van der Waals surface area contributed by atoms with Gasteiger partial charge in [0.25, 0.3) is 0 Å². The second-order valence-electron chi connectivity index (χ2n) is 30.8. The average Bonchev–Trinajstić information content (AvgIpc) is 1.08. The molecule has 0 aliphatic carbocycles. The normalized spacial score (nSPS) is 14.0. The number of rotatable bonds is 85. The summed E-state index contributed by atoms with van der Waals surface area (Å²) in [5.41, 5.74) is 0. The van der Waals surface area contributed by atoms with E-state index in [1.54, 1.807) is 0 Å². The quantitative estimate of drug-likeness (QED) is 0.0222. The van der Waals surface area contributed by atoms with Crippen molar-refractivity contribution < 1.29 is 80.2 Å². The zero-order valence-corrected chi connectivity index (χ0v) is 70.0. The van der Waals surface area contributed by atoms with Gasteiger partial charge in [0.05, 0.1) is 26.4 Å². The lowest BCUT2D eigenvalue weighted by Crippen LogP contribution is -2.30. The average molecular weight is 1520 g/mol. The summed E-state index contributed by atoms with van der Waals surface area (Å²) in [6.07, 6.45) is 71.1. The molecule has 3 unspecified atom stereocenters. The number of aliphatic hydroxyl groups is 1. The van der Waals surface area contributed by atoms with Crippen LogP contribution in [-0.2, 0) is 65.4 Å². The maximum Gasteiger partial charge on any atom is 0.472 e. The number of hydrogen-bond donors (Lipinski definition) is 3. The Kier molecular flexibility index (Phi) is 76.3. The van der Waals surface area contributed by atoms with Gasteiger partial charge in [0.15, 0.2) is 12.2 Å². The minimum absolute atomic E-state index is 0.108. The fraction of sp³-hybridized carbons (Fsp3) is 0.953. The Morgan fingerprint density at radius 1 is 0.269 bits per heavy atom. The highest BCUT2D eigenvalue weighted by Gasteiger charge is 2.30. The van der Waals surface area contributed by atoms with E-state index in [0.29, 0.717) is 25.7 Å². The number of hydrogen-bond acceptors (Lipinski definition) is 15. The second kappa shape index (κ2) is 77.8. The summed E-state index contributed by atoms with van der Waals surface area (Å²) in [6.45, 7) is 7.38. The van der Waals surface area contributed by atoms with Gasteiger partial charge in [-0.05, 0) is 31.6 Å². The third-order valence-electron chi connectivity index (χ3n) is 20.4. The van der Waals surface area contributed by atoms with E-state index in [0.717, 1.165) is 109 Å². The summed E-state index contributed by atoms with van der Waals surface area (Å²) in [6, 6.07) is 0. The summed E-state index contributed by atoms with van der Waals surface area (Å²) in [7, 11) is -9.92. The van der Waals surface area contributed by atoms with Crippen LogP contribution in [0, 0.1) is 5.92 Å². The largest absolute Gasteiger partial charge is 0.472 e. The van der Waals surface area contributed by atoms with Gasteiger partial charge in [-0.2, -0.15) is 0 Å². The Balaban J connectivity index is 5.15. The topological polar surface area (TPSA) is 237 Å². The van der Waals surface area contributed by atoms with Crippen molar-refractivity contribution in [3.63, 3.8) is 0 Å². The lowest BCUT2D eigenvalue weighted by molar-refractivity contribution is -0.161. The van der Waals surface area contributed by atoms with Crippen LogP contribution in [0.2, 0.25) is 0 Å². The first-order valence-corrected chi connectivity index (χ1v) is 47.2. The fourth-order valence-electron chi connectivity index (χ4n) is 13.3. The van der Waals surface area contributed by atoms with E-state index < -0.39 is 97.5 Å². The van der Waals surface area contributed by atoms with Gasteiger partial charge >= 0.3 is 39.5 Å². The van der Waals surface area contributed by atoms with Crippen LogP contribution in [0.4, 0.5) is 0 Å². The van der Waals surface area contributed by atoms with E-state index in [1.165, 1.54) is 270 Å². The Bertz CT molecular complexity index is 1980. The zero-order valence-electron chi connectivity index (χ0n) is 68.2. The molecule has 0 spiro atoms. The molecular formula is C85H166O17P2. The number of phosphoric ester groups is 2. The van der Waals surface area contributed by atoms with Crippen LogP contribution in [0.1, 0.15) is 458 Å². The highest BCUT2D eigenvalue weighted by molar-refractivity contribution is 7.47. The zero-order chi connectivity index (χ0) is 76.2. The summed E-state index contributed by atoms with van der Waals surface area (Å²) >= 11 is 0. The molecule has 0 aromatic heterocycles. The van der Waals surface area contributed by atoms with Crippen molar-refractivity contribution in [2.24, 2.45) is 5.92 Å². The summed E-state index contributed by atoms with van der Waals surface area (Å²) < 4.78 is 68.7. The van der Waals surface area contributed by atoms with Gasteiger partial charge in [-0.1, -0.05) is 407 Å². The lowest BCUT2D eigenvalue weighted by Gasteiger charge is -2.21. The van der Waals surface area contributed by atoms with E-state index in [9.17, 15) is 43.2 Å². The minimum Gasteiger partial charge on any atom is -0.462 e. The second-order valence-corrected chi connectivity index (χ2v) is 33.7. The van der Waals surface area contributed by atoms with Gasteiger partial charge < -0.3 is 33.8 Å². The molecule has 0 heterocycles. The van der Waals surface area contributed by atoms with Crippen molar-refractivity contribution in [3.8, 4) is 0 Å². The molecule has 3 N–H and O–H groups in total. The molecule has 17 nitrogen and oxygen atoms in total. The molecule has 0 saturated heterocycles. The summed E-state index contributed by atoms with van der Waals surface area (Å²) in [4.78, 5) is 73.0. The minimum atomic E-state index is -4.96. The Morgan fingerprint density at radius 2 is 0.462 bits per heavy atom. The van der Waals surface area contributed by atoms with Crippen LogP contribution < -0.4 is 0 Å². The SMILES string of the molecule is CCCCCCCCCCCCCCCCCCCCCCCC(=O)OC[C@H](COP(=O)(O)OC[C@@H](O)COP(=O)(O)OC[C@@H](COC(=O)CCCCCCCCC)OC(=O)CCCCCCCCCCCCCCCC)OC(=O)CCCCCCCCCCCCCCCCCCCCC(C)CC. The molecule has 19 heteroatoms. The maximum atomic E-state index is 13.1. The van der Waals surface area contributed by atoms with Crippen molar-refractivity contribution in [3.05, 3.63) is 0 Å². The highest BCUT2D eigenvalue weighted by Crippen LogP contribution is 2.45. The third kappa shape index (κ3) is 76.8. The first-order valence-electron chi connectivity index (χ1n) is 44.2. The number of carbonyl (C=O) groups excluding carboxylic acids is 4. The molecule has 0 fully saturated rings. The number of aliphatic hydroxyl groups excluding tert-OH is 1. The number of unbranched alkanes of at least 4 members (excludes halogenated alkanes) is 56. The molecule has 104 heavy (non-hydrogen) atoms. The van der Waals surface area contributed by atoms with Gasteiger partial charge in [-0.15, -0.1) is 0 Å². The molecule has 0 aromatic rings. The molecule has 0 rings (SSSR count). The van der Waals surface area contributed by atoms with Crippen LogP contribution in [0.15, 0.2) is 0 Å². The van der Waals surface area contributed by atoms with Gasteiger partial charge in [-0.3, -0.25) is 37.3 Å². The molecule has 0 amide bonds.